The minimum Gasteiger partial charge on any atom is -0.356 e. The Balaban J connectivity index is 1.49. The smallest absolute Gasteiger partial charge is 0.306 e. The van der Waals surface area contributed by atoms with Gasteiger partial charge in [-0.05, 0) is 17.7 Å². The van der Waals surface area contributed by atoms with E-state index >= 15 is 0 Å². The lowest BCUT2D eigenvalue weighted by Gasteiger charge is -2.04. The van der Waals surface area contributed by atoms with Crippen LogP contribution in [-0.4, -0.2) is 26.8 Å². The quantitative estimate of drug-likeness (QED) is 0.323. The second-order valence-corrected chi connectivity index (χ2v) is 7.67. The fourth-order valence-electron chi connectivity index (χ4n) is 2.17. The van der Waals surface area contributed by atoms with Gasteiger partial charge in [0, 0.05) is 18.3 Å². The number of carbonyl (C=O) groups is 1. The Morgan fingerprint density at radius 2 is 2.00 bits per heavy atom. The molecule has 0 radical (unpaired) electrons. The number of benzene rings is 2. The zero-order valence-corrected chi connectivity index (χ0v) is 15.9. The number of nitro groups is 1. The number of hydrogen-bond acceptors (Lipinski definition) is 8. The van der Waals surface area contributed by atoms with Gasteiger partial charge in [-0.25, -0.2) is 0 Å². The van der Waals surface area contributed by atoms with Crippen molar-refractivity contribution >= 4 is 45.5 Å². The van der Waals surface area contributed by atoms with Gasteiger partial charge in [-0.3, -0.25) is 14.9 Å². The van der Waals surface area contributed by atoms with E-state index in [0.717, 1.165) is 17.7 Å². The minimum atomic E-state index is -0.957. The average Bonchev–Trinajstić information content (AvgIpc) is 3.15. The average molecular weight is 419 g/mol. The molecule has 3 aromatic rings. The van der Waals surface area contributed by atoms with Crippen LogP contribution in [0.1, 0.15) is 5.56 Å². The maximum atomic E-state index is 13.3. The Morgan fingerprint density at radius 1 is 1.21 bits per heavy atom. The molecule has 11 heteroatoms. The Morgan fingerprint density at radius 3 is 2.75 bits per heavy atom. The summed E-state index contributed by atoms with van der Waals surface area (Å²) in [7, 11) is 0. The van der Waals surface area contributed by atoms with E-state index in [2.05, 4.69) is 20.8 Å². The van der Waals surface area contributed by atoms with E-state index in [4.69, 9.17) is 0 Å². The van der Waals surface area contributed by atoms with Crippen LogP contribution in [-0.2, 0) is 11.3 Å². The summed E-state index contributed by atoms with van der Waals surface area (Å²) in [5, 5.41) is 25.1. The van der Waals surface area contributed by atoms with Crippen molar-refractivity contribution in [2.24, 2.45) is 0 Å². The molecule has 1 aromatic heterocycles. The van der Waals surface area contributed by atoms with Gasteiger partial charge in [0.1, 0.15) is 0 Å². The highest BCUT2D eigenvalue weighted by Crippen LogP contribution is 2.26. The summed E-state index contributed by atoms with van der Waals surface area (Å²) < 4.78 is 13.9. The molecule has 0 unspecified atom stereocenters. The van der Waals surface area contributed by atoms with Gasteiger partial charge in [-0.15, -0.1) is 10.2 Å². The summed E-state index contributed by atoms with van der Waals surface area (Å²) >= 11 is 2.51. The molecule has 2 N–H and O–H groups in total. The summed E-state index contributed by atoms with van der Waals surface area (Å²) in [5.74, 6) is -1.31. The van der Waals surface area contributed by atoms with E-state index in [1.165, 1.54) is 29.2 Å². The Kier molecular flexibility index (Phi) is 6.50. The lowest BCUT2D eigenvalue weighted by molar-refractivity contribution is -0.387. The summed E-state index contributed by atoms with van der Waals surface area (Å²) in [4.78, 5) is 21.9. The molecule has 1 amide bonds. The summed E-state index contributed by atoms with van der Waals surface area (Å²) in [5.41, 5.74) is 0.574. The minimum absolute atomic E-state index is 0.0402. The highest BCUT2D eigenvalue weighted by atomic mass is 32.2. The van der Waals surface area contributed by atoms with E-state index in [0.29, 0.717) is 16.0 Å². The number of amides is 1. The normalized spacial score (nSPS) is 10.5. The monoisotopic (exact) mass is 419 g/mol. The first kappa shape index (κ1) is 19.7. The zero-order chi connectivity index (χ0) is 19.9. The number of rotatable bonds is 8. The van der Waals surface area contributed by atoms with Gasteiger partial charge in [0.15, 0.2) is 4.34 Å². The van der Waals surface area contributed by atoms with Gasteiger partial charge < -0.3 is 10.6 Å². The second kappa shape index (κ2) is 9.24. The highest BCUT2D eigenvalue weighted by Gasteiger charge is 2.15. The maximum Gasteiger partial charge on any atom is 0.306 e. The number of halogens is 1. The van der Waals surface area contributed by atoms with E-state index < -0.39 is 16.4 Å². The molecule has 0 aliphatic heterocycles. The number of thioether (sulfide) groups is 1. The SMILES string of the molecule is O=C(CSc1nnc(NCc2ccccc2)s1)Nc1ccc(F)c([N+](=O)[O-])c1. The van der Waals surface area contributed by atoms with Crippen molar-refractivity contribution in [2.75, 3.05) is 16.4 Å². The zero-order valence-electron chi connectivity index (χ0n) is 14.3. The molecule has 0 spiro atoms. The predicted molar refractivity (Wildman–Crippen MR) is 106 cm³/mol. The molecule has 0 fully saturated rings. The molecule has 3 rings (SSSR count). The maximum absolute atomic E-state index is 13.3. The number of nitrogens with zero attached hydrogens (tertiary/aromatic N) is 3. The third-order valence-electron chi connectivity index (χ3n) is 3.45. The molecule has 144 valence electrons. The molecule has 0 atom stereocenters. The summed E-state index contributed by atoms with van der Waals surface area (Å²) in [6.07, 6.45) is 0. The Hall–Kier alpha value is -3.05. The molecule has 0 saturated carbocycles. The van der Waals surface area contributed by atoms with Crippen LogP contribution in [0.5, 0.6) is 0 Å². The third kappa shape index (κ3) is 5.47. The van der Waals surface area contributed by atoms with Crippen molar-refractivity contribution < 1.29 is 14.1 Å². The van der Waals surface area contributed by atoms with Crippen molar-refractivity contribution in [1.82, 2.24) is 10.2 Å². The molecule has 0 aliphatic carbocycles. The lowest BCUT2D eigenvalue weighted by atomic mass is 10.2. The number of carbonyl (C=O) groups excluding carboxylic acids is 1. The topological polar surface area (TPSA) is 110 Å². The molecule has 28 heavy (non-hydrogen) atoms. The van der Waals surface area contributed by atoms with Crippen molar-refractivity contribution in [3.8, 4) is 0 Å². The number of nitro benzene ring substituents is 1. The van der Waals surface area contributed by atoms with Gasteiger partial charge in [0.05, 0.1) is 10.7 Å². The van der Waals surface area contributed by atoms with Gasteiger partial charge in [0.2, 0.25) is 16.9 Å². The van der Waals surface area contributed by atoms with Crippen LogP contribution in [0.3, 0.4) is 0 Å². The molecule has 0 aliphatic rings. The lowest BCUT2D eigenvalue weighted by Crippen LogP contribution is -2.14. The molecule has 1 heterocycles. The largest absolute Gasteiger partial charge is 0.356 e. The van der Waals surface area contributed by atoms with Crippen molar-refractivity contribution in [3.05, 3.63) is 70.0 Å². The number of hydrogen-bond donors (Lipinski definition) is 2. The fourth-order valence-corrected chi connectivity index (χ4v) is 3.72. The Bertz CT molecular complexity index is 984. The van der Waals surface area contributed by atoms with Crippen molar-refractivity contribution in [2.45, 2.75) is 10.9 Å². The van der Waals surface area contributed by atoms with E-state index in [1.807, 2.05) is 30.3 Å². The van der Waals surface area contributed by atoms with Gasteiger partial charge >= 0.3 is 5.69 Å². The fraction of sp³-hybridized carbons (Fsp3) is 0.118. The first-order valence-electron chi connectivity index (χ1n) is 7.99. The van der Waals surface area contributed by atoms with Crippen LogP contribution >= 0.6 is 23.1 Å². The van der Waals surface area contributed by atoms with Crippen LogP contribution in [0.2, 0.25) is 0 Å². The molecule has 0 bridgehead atoms. The van der Waals surface area contributed by atoms with E-state index in [9.17, 15) is 19.3 Å². The van der Waals surface area contributed by atoms with Crippen LogP contribution in [0.4, 0.5) is 20.9 Å². The van der Waals surface area contributed by atoms with Crippen molar-refractivity contribution in [3.63, 3.8) is 0 Å². The number of aromatic nitrogens is 2. The first-order valence-corrected chi connectivity index (χ1v) is 9.79. The third-order valence-corrected chi connectivity index (χ3v) is 5.46. The summed E-state index contributed by atoms with van der Waals surface area (Å²) in [6, 6.07) is 13.0. The van der Waals surface area contributed by atoms with Crippen LogP contribution in [0.15, 0.2) is 52.9 Å². The summed E-state index contributed by atoms with van der Waals surface area (Å²) in [6.45, 7) is 0.615. The predicted octanol–water partition coefficient (Wildman–Crippen LogP) is 3.93. The second-order valence-electron chi connectivity index (χ2n) is 5.47. The number of nitrogens with one attached hydrogen (secondary N) is 2. The van der Waals surface area contributed by atoms with Crippen LogP contribution in [0, 0.1) is 15.9 Å². The molecule has 8 nitrogen and oxygen atoms in total. The molecule has 0 saturated heterocycles. The van der Waals surface area contributed by atoms with Crippen molar-refractivity contribution in [1.29, 1.82) is 0 Å². The molecular formula is C17H14FN5O3S2. The van der Waals surface area contributed by atoms with Gasteiger partial charge in [0.25, 0.3) is 0 Å². The number of anilines is 2. The molecular weight excluding hydrogens is 405 g/mol. The Labute approximate surface area is 167 Å². The first-order chi connectivity index (χ1) is 13.5. The van der Waals surface area contributed by atoms with Gasteiger partial charge in [-0.2, -0.15) is 4.39 Å². The van der Waals surface area contributed by atoms with Gasteiger partial charge in [-0.1, -0.05) is 53.4 Å². The van der Waals surface area contributed by atoms with Crippen LogP contribution < -0.4 is 10.6 Å². The molecule has 2 aromatic carbocycles. The standard InChI is InChI=1S/C17H14FN5O3S2/c18-13-7-6-12(8-14(13)23(25)26)20-15(24)10-27-17-22-21-16(28-17)19-9-11-4-2-1-3-5-11/h1-8H,9-10H2,(H,19,21)(H,20,24). The highest BCUT2D eigenvalue weighted by molar-refractivity contribution is 8.01. The van der Waals surface area contributed by atoms with E-state index in [1.54, 1.807) is 0 Å². The van der Waals surface area contributed by atoms with E-state index in [-0.39, 0.29) is 17.3 Å². The van der Waals surface area contributed by atoms with Crippen LogP contribution in [0.25, 0.3) is 0 Å².